The van der Waals surface area contributed by atoms with E-state index in [1.54, 1.807) is 25.3 Å². The fourth-order valence-corrected chi connectivity index (χ4v) is 2.48. The molecule has 0 fully saturated rings. The molecule has 0 amide bonds. The minimum Gasteiger partial charge on any atom is -0.496 e. The average molecular weight is 342 g/mol. The SMILES string of the molecule is COC(=O)C(Cc1ccc(OCc2ccccc2)cc1OC)C(C)=O. The molecule has 0 N–H and O–H groups in total. The first kappa shape index (κ1) is 18.5. The third-order valence-corrected chi connectivity index (χ3v) is 3.91. The Morgan fingerprint density at radius 1 is 1.04 bits per heavy atom. The lowest BCUT2D eigenvalue weighted by atomic mass is 9.95. The molecule has 0 aliphatic rings. The summed E-state index contributed by atoms with van der Waals surface area (Å²) in [5, 5.41) is 0. The van der Waals surface area contributed by atoms with E-state index in [0.29, 0.717) is 18.1 Å². The molecule has 0 aliphatic heterocycles. The standard InChI is InChI=1S/C20H22O5/c1-14(21)18(20(22)24-3)11-16-9-10-17(12-19(16)23-2)25-13-15-7-5-4-6-8-15/h4-10,12,18H,11,13H2,1-3H3. The van der Waals surface area contributed by atoms with Gasteiger partial charge in [-0.2, -0.15) is 0 Å². The molecule has 5 heteroatoms. The number of ketones is 1. The van der Waals surface area contributed by atoms with Crippen molar-refractivity contribution in [1.82, 2.24) is 0 Å². The van der Waals surface area contributed by atoms with Gasteiger partial charge in [-0.05, 0) is 30.5 Å². The molecule has 0 aromatic heterocycles. The molecular weight excluding hydrogens is 320 g/mol. The Kier molecular flexibility index (Phi) is 6.57. The topological polar surface area (TPSA) is 61.8 Å². The molecule has 1 atom stereocenters. The van der Waals surface area contributed by atoms with Gasteiger partial charge >= 0.3 is 5.97 Å². The van der Waals surface area contributed by atoms with Crippen LogP contribution in [0.3, 0.4) is 0 Å². The Hall–Kier alpha value is -2.82. The van der Waals surface area contributed by atoms with Crippen LogP contribution in [0.2, 0.25) is 0 Å². The van der Waals surface area contributed by atoms with Crippen LogP contribution in [0.4, 0.5) is 0 Å². The monoisotopic (exact) mass is 342 g/mol. The van der Waals surface area contributed by atoms with Crippen LogP contribution in [0, 0.1) is 5.92 Å². The van der Waals surface area contributed by atoms with E-state index in [-0.39, 0.29) is 12.2 Å². The van der Waals surface area contributed by atoms with Gasteiger partial charge in [-0.25, -0.2) is 0 Å². The number of methoxy groups -OCH3 is 2. The van der Waals surface area contributed by atoms with Crippen LogP contribution in [-0.2, 0) is 27.4 Å². The summed E-state index contributed by atoms with van der Waals surface area (Å²) < 4.78 is 15.9. The number of carbonyl (C=O) groups excluding carboxylic acids is 2. The maximum Gasteiger partial charge on any atom is 0.316 e. The van der Waals surface area contributed by atoms with E-state index < -0.39 is 11.9 Å². The quantitative estimate of drug-likeness (QED) is 0.545. The molecule has 2 aromatic rings. The number of rotatable bonds is 8. The van der Waals surface area contributed by atoms with Gasteiger partial charge in [0.25, 0.3) is 0 Å². The van der Waals surface area contributed by atoms with Gasteiger partial charge in [-0.15, -0.1) is 0 Å². The lowest BCUT2D eigenvalue weighted by Crippen LogP contribution is -2.25. The molecule has 0 heterocycles. The highest BCUT2D eigenvalue weighted by Gasteiger charge is 2.25. The van der Waals surface area contributed by atoms with Crippen molar-refractivity contribution >= 4 is 11.8 Å². The van der Waals surface area contributed by atoms with Crippen molar-refractivity contribution < 1.29 is 23.8 Å². The second-order valence-corrected chi connectivity index (χ2v) is 5.64. The first-order valence-corrected chi connectivity index (χ1v) is 7.97. The van der Waals surface area contributed by atoms with Crippen molar-refractivity contribution in [2.45, 2.75) is 20.0 Å². The summed E-state index contributed by atoms with van der Waals surface area (Å²) in [5.74, 6) is -0.394. The lowest BCUT2D eigenvalue weighted by Gasteiger charge is -2.15. The third kappa shape index (κ3) is 5.08. The summed E-state index contributed by atoms with van der Waals surface area (Å²) >= 11 is 0. The molecule has 25 heavy (non-hydrogen) atoms. The molecule has 2 rings (SSSR count). The first-order valence-electron chi connectivity index (χ1n) is 7.97. The van der Waals surface area contributed by atoms with E-state index in [1.165, 1.54) is 14.0 Å². The van der Waals surface area contributed by atoms with Crippen LogP contribution < -0.4 is 9.47 Å². The number of hydrogen-bond acceptors (Lipinski definition) is 5. The average Bonchev–Trinajstić information content (AvgIpc) is 2.64. The predicted octanol–water partition coefficient (Wildman–Crippen LogP) is 3.19. The summed E-state index contributed by atoms with van der Waals surface area (Å²) in [6.45, 7) is 1.83. The molecule has 0 radical (unpaired) electrons. The van der Waals surface area contributed by atoms with E-state index in [0.717, 1.165) is 11.1 Å². The van der Waals surface area contributed by atoms with E-state index in [1.807, 2.05) is 30.3 Å². The fourth-order valence-electron chi connectivity index (χ4n) is 2.48. The largest absolute Gasteiger partial charge is 0.496 e. The van der Waals surface area contributed by atoms with Gasteiger partial charge in [0.15, 0.2) is 0 Å². The highest BCUT2D eigenvalue weighted by molar-refractivity contribution is 5.98. The molecule has 0 bridgehead atoms. The van der Waals surface area contributed by atoms with Crippen LogP contribution >= 0.6 is 0 Å². The van der Waals surface area contributed by atoms with Gasteiger partial charge in [-0.3, -0.25) is 9.59 Å². The van der Waals surface area contributed by atoms with Crippen molar-refractivity contribution in [3.63, 3.8) is 0 Å². The Morgan fingerprint density at radius 3 is 2.36 bits per heavy atom. The number of hydrogen-bond donors (Lipinski definition) is 0. The van der Waals surface area contributed by atoms with Crippen molar-refractivity contribution in [2.24, 2.45) is 5.92 Å². The number of Topliss-reactive ketones (excluding diaryl/α,β-unsaturated/α-hetero) is 1. The molecule has 0 saturated carbocycles. The number of carbonyl (C=O) groups is 2. The molecule has 0 saturated heterocycles. The van der Waals surface area contributed by atoms with Crippen LogP contribution in [0.1, 0.15) is 18.1 Å². The highest BCUT2D eigenvalue weighted by atomic mass is 16.5. The van der Waals surface area contributed by atoms with Gasteiger partial charge in [0.2, 0.25) is 0 Å². The normalized spacial score (nSPS) is 11.5. The second-order valence-electron chi connectivity index (χ2n) is 5.64. The van der Waals surface area contributed by atoms with Gasteiger partial charge in [0, 0.05) is 6.07 Å². The zero-order valence-electron chi connectivity index (χ0n) is 14.7. The lowest BCUT2D eigenvalue weighted by molar-refractivity contribution is -0.148. The summed E-state index contributed by atoms with van der Waals surface area (Å²) in [6, 6.07) is 15.2. The molecule has 1 unspecified atom stereocenters. The minimum atomic E-state index is -0.838. The zero-order valence-corrected chi connectivity index (χ0v) is 14.7. The number of esters is 1. The van der Waals surface area contributed by atoms with Gasteiger partial charge in [0.05, 0.1) is 14.2 Å². The predicted molar refractivity (Wildman–Crippen MR) is 93.7 cm³/mol. The first-order chi connectivity index (χ1) is 12.0. The summed E-state index contributed by atoms with van der Waals surface area (Å²) in [4.78, 5) is 23.5. The van der Waals surface area contributed by atoms with Gasteiger partial charge in [0.1, 0.15) is 29.8 Å². The van der Waals surface area contributed by atoms with Gasteiger partial charge < -0.3 is 14.2 Å². The van der Waals surface area contributed by atoms with Gasteiger partial charge in [-0.1, -0.05) is 36.4 Å². The van der Waals surface area contributed by atoms with Crippen molar-refractivity contribution in [3.8, 4) is 11.5 Å². The molecule has 0 spiro atoms. The molecule has 2 aromatic carbocycles. The van der Waals surface area contributed by atoms with E-state index in [2.05, 4.69) is 0 Å². The minimum absolute atomic E-state index is 0.226. The Morgan fingerprint density at radius 2 is 1.76 bits per heavy atom. The molecule has 132 valence electrons. The Labute approximate surface area is 147 Å². The molecule has 5 nitrogen and oxygen atoms in total. The summed E-state index contributed by atoms with van der Waals surface area (Å²) in [5.41, 5.74) is 1.81. The smallest absolute Gasteiger partial charge is 0.316 e. The van der Waals surface area contributed by atoms with Crippen LogP contribution in [0.15, 0.2) is 48.5 Å². The Balaban J connectivity index is 2.12. The number of benzene rings is 2. The third-order valence-electron chi connectivity index (χ3n) is 3.91. The maximum absolute atomic E-state index is 11.8. The van der Waals surface area contributed by atoms with E-state index >= 15 is 0 Å². The van der Waals surface area contributed by atoms with E-state index in [9.17, 15) is 9.59 Å². The molecule has 0 aliphatic carbocycles. The van der Waals surface area contributed by atoms with Crippen LogP contribution in [-0.4, -0.2) is 26.0 Å². The summed E-state index contributed by atoms with van der Waals surface area (Å²) in [7, 11) is 2.82. The van der Waals surface area contributed by atoms with Crippen molar-refractivity contribution in [2.75, 3.05) is 14.2 Å². The Bertz CT molecular complexity index is 724. The number of ether oxygens (including phenoxy) is 3. The highest BCUT2D eigenvalue weighted by Crippen LogP contribution is 2.28. The van der Waals surface area contributed by atoms with Crippen molar-refractivity contribution in [1.29, 1.82) is 0 Å². The van der Waals surface area contributed by atoms with Crippen LogP contribution in [0.5, 0.6) is 11.5 Å². The van der Waals surface area contributed by atoms with Crippen LogP contribution in [0.25, 0.3) is 0 Å². The second kappa shape index (κ2) is 8.87. The molecular formula is C20H22O5. The van der Waals surface area contributed by atoms with E-state index in [4.69, 9.17) is 14.2 Å². The van der Waals surface area contributed by atoms with Crippen molar-refractivity contribution in [3.05, 3.63) is 59.7 Å². The zero-order chi connectivity index (χ0) is 18.2. The summed E-state index contributed by atoms with van der Waals surface area (Å²) in [6.07, 6.45) is 0.226. The fraction of sp³-hybridized carbons (Fsp3) is 0.300. The maximum atomic E-state index is 11.8.